The number of hydrogen-bond donors (Lipinski definition) is 3. The first kappa shape index (κ1) is 14.9. The van der Waals surface area contributed by atoms with Gasteiger partial charge in [-0.3, -0.25) is 4.79 Å². The molecule has 0 aromatic carbocycles. The zero-order chi connectivity index (χ0) is 12.6. The Labute approximate surface area is 95.4 Å². The van der Waals surface area contributed by atoms with Gasteiger partial charge in [-0.15, -0.1) is 0 Å². The fourth-order valence-corrected chi connectivity index (χ4v) is 1.11. The van der Waals surface area contributed by atoms with Crippen LogP contribution in [0.15, 0.2) is 0 Å². The van der Waals surface area contributed by atoms with E-state index in [-0.39, 0.29) is 18.4 Å². The van der Waals surface area contributed by atoms with Crippen molar-refractivity contribution in [2.24, 2.45) is 5.92 Å². The van der Waals surface area contributed by atoms with Crippen molar-refractivity contribution in [3.05, 3.63) is 0 Å². The van der Waals surface area contributed by atoms with Crippen molar-refractivity contribution < 1.29 is 19.4 Å². The molecule has 1 unspecified atom stereocenters. The molecule has 0 saturated carbocycles. The van der Waals surface area contributed by atoms with Crippen molar-refractivity contribution in [2.45, 2.75) is 19.9 Å². The van der Waals surface area contributed by atoms with Crippen LogP contribution in [-0.2, 0) is 14.3 Å². The predicted octanol–water partition coefficient (Wildman–Crippen LogP) is -0.552. The maximum Gasteiger partial charge on any atom is 0.326 e. The lowest BCUT2D eigenvalue weighted by molar-refractivity contribution is -0.143. The molecule has 0 spiro atoms. The molecule has 0 aliphatic carbocycles. The summed E-state index contributed by atoms with van der Waals surface area (Å²) in [7, 11) is 1.57. The summed E-state index contributed by atoms with van der Waals surface area (Å²) >= 11 is 0. The maximum absolute atomic E-state index is 11.3. The van der Waals surface area contributed by atoms with Crippen molar-refractivity contribution in [1.29, 1.82) is 0 Å². The van der Waals surface area contributed by atoms with Crippen LogP contribution in [0.3, 0.4) is 0 Å². The summed E-state index contributed by atoms with van der Waals surface area (Å²) in [6.07, 6.45) is 0. The summed E-state index contributed by atoms with van der Waals surface area (Å²) in [6.45, 7) is 4.66. The van der Waals surface area contributed by atoms with Crippen molar-refractivity contribution >= 4 is 11.9 Å². The lowest BCUT2D eigenvalue weighted by Gasteiger charge is -2.17. The summed E-state index contributed by atoms with van der Waals surface area (Å²) < 4.78 is 4.79. The van der Waals surface area contributed by atoms with Crippen LogP contribution in [0.2, 0.25) is 0 Å². The fraction of sp³-hybridized carbons (Fsp3) is 0.800. The number of carbonyl (C=O) groups is 2. The third-order valence-electron chi connectivity index (χ3n) is 2.02. The highest BCUT2D eigenvalue weighted by Crippen LogP contribution is 2.00. The molecular weight excluding hydrogens is 212 g/mol. The van der Waals surface area contributed by atoms with Crippen LogP contribution in [0.5, 0.6) is 0 Å². The Morgan fingerprint density at radius 1 is 1.38 bits per heavy atom. The topological polar surface area (TPSA) is 87.7 Å². The number of carbonyl (C=O) groups excluding carboxylic acids is 1. The lowest BCUT2D eigenvalue weighted by Crippen LogP contribution is -2.47. The normalized spacial score (nSPS) is 12.5. The van der Waals surface area contributed by atoms with Crippen LogP contribution in [-0.4, -0.2) is 49.8 Å². The number of hydrogen-bond acceptors (Lipinski definition) is 4. The van der Waals surface area contributed by atoms with E-state index in [1.807, 2.05) is 0 Å². The van der Waals surface area contributed by atoms with Gasteiger partial charge < -0.3 is 20.5 Å². The SMILES string of the molecule is COCCNCC(=O)NC(C(=O)O)C(C)C. The molecule has 0 bridgehead atoms. The highest BCUT2D eigenvalue weighted by molar-refractivity contribution is 5.84. The second-order valence-electron chi connectivity index (χ2n) is 3.80. The number of carboxylic acids is 1. The molecule has 6 heteroatoms. The van der Waals surface area contributed by atoms with E-state index in [1.165, 1.54) is 0 Å². The van der Waals surface area contributed by atoms with Gasteiger partial charge in [-0.2, -0.15) is 0 Å². The summed E-state index contributed by atoms with van der Waals surface area (Å²) in [5.74, 6) is -1.47. The first-order chi connectivity index (χ1) is 7.49. The van der Waals surface area contributed by atoms with Gasteiger partial charge in [0.2, 0.25) is 5.91 Å². The first-order valence-corrected chi connectivity index (χ1v) is 5.20. The van der Waals surface area contributed by atoms with E-state index in [2.05, 4.69) is 10.6 Å². The number of nitrogens with one attached hydrogen (secondary N) is 2. The largest absolute Gasteiger partial charge is 0.480 e. The third kappa shape index (κ3) is 6.36. The van der Waals surface area contributed by atoms with Crippen LogP contribution in [0.1, 0.15) is 13.8 Å². The van der Waals surface area contributed by atoms with Gasteiger partial charge in [-0.05, 0) is 5.92 Å². The Balaban J connectivity index is 3.87. The number of ether oxygens (including phenoxy) is 1. The van der Waals surface area contributed by atoms with Gasteiger partial charge in [-0.25, -0.2) is 4.79 Å². The van der Waals surface area contributed by atoms with Crippen LogP contribution in [0.4, 0.5) is 0 Å². The van der Waals surface area contributed by atoms with Crippen molar-refractivity contribution in [3.8, 4) is 0 Å². The number of methoxy groups -OCH3 is 1. The molecular formula is C10H20N2O4. The Kier molecular flexibility index (Phi) is 7.49. The fourth-order valence-electron chi connectivity index (χ4n) is 1.11. The zero-order valence-electron chi connectivity index (χ0n) is 9.95. The van der Waals surface area contributed by atoms with Gasteiger partial charge in [0.25, 0.3) is 0 Å². The minimum Gasteiger partial charge on any atom is -0.480 e. The van der Waals surface area contributed by atoms with Gasteiger partial charge in [0, 0.05) is 13.7 Å². The first-order valence-electron chi connectivity index (χ1n) is 5.20. The molecule has 0 heterocycles. The Hall–Kier alpha value is -1.14. The number of rotatable bonds is 8. The predicted molar refractivity (Wildman–Crippen MR) is 59.2 cm³/mol. The molecule has 94 valence electrons. The summed E-state index contributed by atoms with van der Waals surface area (Å²) in [5, 5.41) is 14.1. The number of aliphatic carboxylic acids is 1. The average Bonchev–Trinajstić information content (AvgIpc) is 2.20. The van der Waals surface area contributed by atoms with Crippen LogP contribution in [0.25, 0.3) is 0 Å². The molecule has 0 fully saturated rings. The summed E-state index contributed by atoms with van der Waals surface area (Å²) in [5.41, 5.74) is 0. The molecule has 0 aromatic rings. The van der Waals surface area contributed by atoms with Crippen molar-refractivity contribution in [3.63, 3.8) is 0 Å². The molecule has 1 atom stereocenters. The number of carboxylic acid groups (broad SMARTS) is 1. The summed E-state index contributed by atoms with van der Waals surface area (Å²) in [6, 6.07) is -0.836. The third-order valence-corrected chi connectivity index (χ3v) is 2.02. The van der Waals surface area contributed by atoms with Crippen LogP contribution in [0, 0.1) is 5.92 Å². The highest BCUT2D eigenvalue weighted by Gasteiger charge is 2.22. The quantitative estimate of drug-likeness (QED) is 0.489. The maximum atomic E-state index is 11.3. The Bertz CT molecular complexity index is 231. The van der Waals surface area contributed by atoms with Gasteiger partial charge in [-0.1, -0.05) is 13.8 Å². The molecule has 3 N–H and O–H groups in total. The minimum absolute atomic E-state index is 0.0971. The van der Waals surface area contributed by atoms with E-state index in [4.69, 9.17) is 9.84 Å². The minimum atomic E-state index is -1.01. The lowest BCUT2D eigenvalue weighted by atomic mass is 10.1. The standard InChI is InChI=1S/C10H20N2O4/c1-7(2)9(10(14)15)12-8(13)6-11-4-5-16-3/h7,9,11H,4-6H2,1-3H3,(H,12,13)(H,14,15). The molecule has 0 rings (SSSR count). The second kappa shape index (κ2) is 8.06. The van der Waals surface area contributed by atoms with E-state index < -0.39 is 12.0 Å². The zero-order valence-corrected chi connectivity index (χ0v) is 9.95. The van der Waals surface area contributed by atoms with Gasteiger partial charge >= 0.3 is 5.97 Å². The van der Waals surface area contributed by atoms with Crippen molar-refractivity contribution in [2.75, 3.05) is 26.8 Å². The highest BCUT2D eigenvalue weighted by atomic mass is 16.5. The molecule has 6 nitrogen and oxygen atoms in total. The van der Waals surface area contributed by atoms with E-state index in [9.17, 15) is 9.59 Å². The molecule has 0 radical (unpaired) electrons. The van der Waals surface area contributed by atoms with Gasteiger partial charge in [0.1, 0.15) is 6.04 Å². The Morgan fingerprint density at radius 3 is 2.44 bits per heavy atom. The molecule has 0 aliphatic rings. The second-order valence-corrected chi connectivity index (χ2v) is 3.80. The number of amides is 1. The molecule has 0 aliphatic heterocycles. The molecule has 1 amide bonds. The molecule has 0 saturated heterocycles. The summed E-state index contributed by atoms with van der Waals surface area (Å²) in [4.78, 5) is 22.1. The Morgan fingerprint density at radius 2 is 2.00 bits per heavy atom. The molecule has 0 aromatic heterocycles. The smallest absolute Gasteiger partial charge is 0.326 e. The van der Waals surface area contributed by atoms with Gasteiger partial charge in [0.15, 0.2) is 0 Å². The van der Waals surface area contributed by atoms with E-state index in [0.717, 1.165) is 0 Å². The van der Waals surface area contributed by atoms with E-state index in [1.54, 1.807) is 21.0 Å². The van der Waals surface area contributed by atoms with Crippen LogP contribution < -0.4 is 10.6 Å². The van der Waals surface area contributed by atoms with Gasteiger partial charge in [0.05, 0.1) is 13.2 Å². The van der Waals surface area contributed by atoms with E-state index >= 15 is 0 Å². The van der Waals surface area contributed by atoms with Crippen LogP contribution >= 0.6 is 0 Å². The molecule has 16 heavy (non-hydrogen) atoms. The van der Waals surface area contributed by atoms with Crippen molar-refractivity contribution in [1.82, 2.24) is 10.6 Å². The average molecular weight is 232 g/mol. The van der Waals surface area contributed by atoms with E-state index in [0.29, 0.717) is 13.2 Å². The monoisotopic (exact) mass is 232 g/mol.